The molecule has 0 bridgehead atoms. The summed E-state index contributed by atoms with van der Waals surface area (Å²) in [4.78, 5) is 4.86. The van der Waals surface area contributed by atoms with Gasteiger partial charge in [0.2, 0.25) is 0 Å². The zero-order chi connectivity index (χ0) is 13.2. The summed E-state index contributed by atoms with van der Waals surface area (Å²) in [6, 6.07) is 14.9. The topological polar surface area (TPSA) is 24.9 Å². The number of benzene rings is 2. The standard InChI is InChI=1S/C17H18N2/c1-3-6-13-11-16(18-2)15-10-9-12-7-4-5-8-14(12)17(15)19-13/h4-5,7-11H,3,6H2,1-2H3,(H,18,19). The summed E-state index contributed by atoms with van der Waals surface area (Å²) in [5.41, 5.74) is 3.43. The van der Waals surface area contributed by atoms with Crippen molar-refractivity contribution in [3.63, 3.8) is 0 Å². The summed E-state index contributed by atoms with van der Waals surface area (Å²) >= 11 is 0. The van der Waals surface area contributed by atoms with E-state index >= 15 is 0 Å². The zero-order valence-electron chi connectivity index (χ0n) is 11.4. The number of rotatable bonds is 3. The van der Waals surface area contributed by atoms with Crippen molar-refractivity contribution >= 4 is 27.4 Å². The van der Waals surface area contributed by atoms with E-state index in [9.17, 15) is 0 Å². The van der Waals surface area contributed by atoms with Crippen LogP contribution >= 0.6 is 0 Å². The SMILES string of the molecule is CCCc1cc(NC)c2ccc3ccccc3c2n1. The number of nitrogens with one attached hydrogen (secondary N) is 1. The van der Waals surface area contributed by atoms with Crippen LogP contribution in [0.15, 0.2) is 42.5 Å². The first kappa shape index (κ1) is 12.0. The van der Waals surface area contributed by atoms with Crippen molar-refractivity contribution in [1.29, 1.82) is 0 Å². The molecule has 3 rings (SSSR count). The van der Waals surface area contributed by atoms with E-state index in [-0.39, 0.29) is 0 Å². The number of aromatic nitrogens is 1. The predicted octanol–water partition coefficient (Wildman–Crippen LogP) is 4.38. The van der Waals surface area contributed by atoms with E-state index in [0.717, 1.165) is 24.1 Å². The Hall–Kier alpha value is -2.09. The molecule has 0 unspecified atom stereocenters. The first-order valence-electron chi connectivity index (χ1n) is 6.82. The van der Waals surface area contributed by atoms with Crippen molar-refractivity contribution in [3.8, 4) is 0 Å². The highest BCUT2D eigenvalue weighted by Crippen LogP contribution is 2.29. The van der Waals surface area contributed by atoms with Crippen LogP contribution in [-0.2, 0) is 6.42 Å². The second kappa shape index (κ2) is 4.88. The minimum atomic E-state index is 1.02. The lowest BCUT2D eigenvalue weighted by Gasteiger charge is -2.11. The molecule has 1 aromatic heterocycles. The molecule has 0 saturated heterocycles. The maximum absolute atomic E-state index is 4.86. The van der Waals surface area contributed by atoms with E-state index in [1.165, 1.54) is 21.8 Å². The Morgan fingerprint density at radius 1 is 1.05 bits per heavy atom. The fourth-order valence-corrected chi connectivity index (χ4v) is 2.60. The quantitative estimate of drug-likeness (QED) is 0.698. The third kappa shape index (κ3) is 2.03. The van der Waals surface area contributed by atoms with E-state index in [1.54, 1.807) is 0 Å². The van der Waals surface area contributed by atoms with Crippen molar-refractivity contribution in [2.24, 2.45) is 0 Å². The van der Waals surface area contributed by atoms with Gasteiger partial charge in [0.25, 0.3) is 0 Å². The van der Waals surface area contributed by atoms with Gasteiger partial charge in [0.15, 0.2) is 0 Å². The minimum Gasteiger partial charge on any atom is -0.388 e. The van der Waals surface area contributed by atoms with E-state index in [1.807, 2.05) is 7.05 Å². The lowest BCUT2D eigenvalue weighted by Crippen LogP contribution is -1.97. The second-order valence-corrected chi connectivity index (χ2v) is 4.84. The summed E-state index contributed by atoms with van der Waals surface area (Å²) in [5, 5.41) is 6.97. The van der Waals surface area contributed by atoms with Crippen molar-refractivity contribution < 1.29 is 0 Å². The number of hydrogen-bond donors (Lipinski definition) is 1. The molecule has 3 aromatic rings. The van der Waals surface area contributed by atoms with Gasteiger partial charge in [-0.25, -0.2) is 0 Å². The van der Waals surface area contributed by atoms with Gasteiger partial charge in [-0.05, 0) is 17.9 Å². The van der Waals surface area contributed by atoms with Gasteiger partial charge in [0.05, 0.1) is 5.52 Å². The van der Waals surface area contributed by atoms with E-state index in [2.05, 4.69) is 54.7 Å². The van der Waals surface area contributed by atoms with Gasteiger partial charge in [0, 0.05) is 29.2 Å². The molecule has 2 nitrogen and oxygen atoms in total. The van der Waals surface area contributed by atoms with E-state index < -0.39 is 0 Å². The largest absolute Gasteiger partial charge is 0.388 e. The predicted molar refractivity (Wildman–Crippen MR) is 82.8 cm³/mol. The van der Waals surface area contributed by atoms with Gasteiger partial charge in [0.1, 0.15) is 0 Å². The highest BCUT2D eigenvalue weighted by molar-refractivity contribution is 6.09. The van der Waals surface area contributed by atoms with E-state index in [0.29, 0.717) is 0 Å². The Balaban J connectivity index is 2.39. The number of hydrogen-bond acceptors (Lipinski definition) is 2. The highest BCUT2D eigenvalue weighted by Gasteiger charge is 2.07. The molecule has 0 aliphatic rings. The van der Waals surface area contributed by atoms with Crippen LogP contribution in [0.25, 0.3) is 21.7 Å². The Morgan fingerprint density at radius 2 is 1.89 bits per heavy atom. The molecule has 0 fully saturated rings. The van der Waals surface area contributed by atoms with Crippen LogP contribution in [0.1, 0.15) is 19.0 Å². The average Bonchev–Trinajstić information content (AvgIpc) is 2.46. The first-order chi connectivity index (χ1) is 9.33. The average molecular weight is 250 g/mol. The molecular formula is C17H18N2. The fourth-order valence-electron chi connectivity index (χ4n) is 2.60. The van der Waals surface area contributed by atoms with Crippen LogP contribution in [0.2, 0.25) is 0 Å². The molecule has 1 heterocycles. The fraction of sp³-hybridized carbons (Fsp3) is 0.235. The van der Waals surface area contributed by atoms with Crippen molar-refractivity contribution in [3.05, 3.63) is 48.2 Å². The van der Waals surface area contributed by atoms with Crippen molar-refractivity contribution in [2.75, 3.05) is 12.4 Å². The van der Waals surface area contributed by atoms with Crippen LogP contribution in [0.4, 0.5) is 5.69 Å². The van der Waals surface area contributed by atoms with Crippen molar-refractivity contribution in [1.82, 2.24) is 4.98 Å². The molecule has 0 spiro atoms. The molecule has 2 heteroatoms. The summed E-state index contributed by atoms with van der Waals surface area (Å²) in [5.74, 6) is 0. The number of fused-ring (bicyclic) bond motifs is 3. The van der Waals surface area contributed by atoms with Gasteiger partial charge < -0.3 is 5.32 Å². The molecule has 0 saturated carbocycles. The molecule has 2 aromatic carbocycles. The summed E-state index contributed by atoms with van der Waals surface area (Å²) in [6.45, 7) is 2.19. The van der Waals surface area contributed by atoms with Gasteiger partial charge in [-0.3, -0.25) is 4.98 Å². The number of nitrogens with zero attached hydrogens (tertiary/aromatic N) is 1. The maximum Gasteiger partial charge on any atom is 0.0804 e. The molecule has 0 atom stereocenters. The van der Waals surface area contributed by atoms with E-state index in [4.69, 9.17) is 4.98 Å². The second-order valence-electron chi connectivity index (χ2n) is 4.84. The molecule has 96 valence electrons. The normalized spacial score (nSPS) is 11.1. The molecule has 19 heavy (non-hydrogen) atoms. The monoisotopic (exact) mass is 250 g/mol. The third-order valence-electron chi connectivity index (χ3n) is 3.53. The number of pyridine rings is 1. The van der Waals surface area contributed by atoms with Crippen LogP contribution in [0.3, 0.4) is 0 Å². The van der Waals surface area contributed by atoms with Crippen LogP contribution < -0.4 is 5.32 Å². The summed E-state index contributed by atoms with van der Waals surface area (Å²) < 4.78 is 0. The Labute approximate surface area is 113 Å². The molecule has 0 aliphatic carbocycles. The molecule has 0 aliphatic heterocycles. The Bertz CT molecular complexity index is 732. The van der Waals surface area contributed by atoms with Gasteiger partial charge in [-0.1, -0.05) is 49.7 Å². The molecule has 1 N–H and O–H groups in total. The van der Waals surface area contributed by atoms with Gasteiger partial charge >= 0.3 is 0 Å². The Kier molecular flexibility index (Phi) is 3.08. The minimum absolute atomic E-state index is 1.02. The number of aryl methyl sites for hydroxylation is 1. The number of anilines is 1. The summed E-state index contributed by atoms with van der Waals surface area (Å²) in [7, 11) is 1.97. The first-order valence-corrected chi connectivity index (χ1v) is 6.82. The molecule has 0 amide bonds. The van der Waals surface area contributed by atoms with Crippen LogP contribution in [0, 0.1) is 0 Å². The van der Waals surface area contributed by atoms with Crippen molar-refractivity contribution in [2.45, 2.75) is 19.8 Å². The summed E-state index contributed by atoms with van der Waals surface area (Å²) in [6.07, 6.45) is 2.14. The molecule has 0 radical (unpaired) electrons. The Morgan fingerprint density at radius 3 is 2.68 bits per heavy atom. The maximum atomic E-state index is 4.86. The zero-order valence-corrected chi connectivity index (χ0v) is 11.4. The highest BCUT2D eigenvalue weighted by atomic mass is 14.8. The molecular weight excluding hydrogens is 232 g/mol. The van der Waals surface area contributed by atoms with Crippen LogP contribution in [0.5, 0.6) is 0 Å². The lowest BCUT2D eigenvalue weighted by molar-refractivity contribution is 0.890. The van der Waals surface area contributed by atoms with Gasteiger partial charge in [-0.2, -0.15) is 0 Å². The smallest absolute Gasteiger partial charge is 0.0804 e. The lowest BCUT2D eigenvalue weighted by atomic mass is 10.0. The van der Waals surface area contributed by atoms with Crippen LogP contribution in [-0.4, -0.2) is 12.0 Å². The third-order valence-corrected chi connectivity index (χ3v) is 3.53. The van der Waals surface area contributed by atoms with Gasteiger partial charge in [-0.15, -0.1) is 0 Å².